The molecule has 0 N–H and O–H groups in total. The van der Waals surface area contributed by atoms with Gasteiger partial charge in [-0.1, -0.05) is 0 Å². The second kappa shape index (κ2) is 40.5. The Balaban J connectivity index is -0.0000000483. The fourth-order valence-electron chi connectivity index (χ4n) is 0. The van der Waals surface area contributed by atoms with Crippen LogP contribution in [0.3, 0.4) is 0 Å². The van der Waals surface area contributed by atoms with Gasteiger partial charge in [0.15, 0.2) is 0 Å². The first kappa shape index (κ1) is 16.1. The van der Waals surface area contributed by atoms with Gasteiger partial charge in [0.05, 0.1) is 0 Å². The van der Waals surface area contributed by atoms with Crippen molar-refractivity contribution in [3.8, 4) is 0 Å². The Kier molecular flexibility index (Phi) is 81.8. The molecule has 0 amide bonds. The minimum atomic E-state index is -2.00. The van der Waals surface area contributed by atoms with Crippen LogP contribution in [-0.4, -0.2) is 9.29 Å². The Morgan fingerprint density at radius 2 is 1.12 bits per heavy atom. The van der Waals surface area contributed by atoms with Crippen LogP contribution < -0.4 is 0 Å². The van der Waals surface area contributed by atoms with E-state index in [0.29, 0.717) is 0 Å². The van der Waals surface area contributed by atoms with Crippen molar-refractivity contribution >= 4 is 9.29 Å². The minimum absolute atomic E-state index is 0.0556. The third-order valence-electron chi connectivity index (χ3n) is 0. The Hall–Kier alpha value is 1.31. The zero-order chi connectivity index (χ0) is 7.41. The van der Waals surface area contributed by atoms with Gasteiger partial charge in [-0.3, -0.25) is 8.92 Å². The molecule has 0 aliphatic rings. The fourth-order valence-corrected chi connectivity index (χ4v) is 0. The molecule has 0 aromatic heterocycles. The van der Waals surface area contributed by atoms with E-state index < -0.39 is 28.4 Å². The van der Waals surface area contributed by atoms with E-state index in [1.54, 1.807) is 0 Å². The third kappa shape index (κ3) is 170. The van der Waals surface area contributed by atoms with Crippen molar-refractivity contribution in [2.45, 2.75) is 0 Å². The Labute approximate surface area is 83.3 Å². The van der Waals surface area contributed by atoms with Crippen LogP contribution in [0.1, 0.15) is 0 Å². The molecule has 0 saturated carbocycles. The molecule has 0 unspecified atom stereocenters. The van der Waals surface area contributed by atoms with Gasteiger partial charge in [0.2, 0.25) is 0 Å². The molecule has 0 heterocycles. The molecule has 0 rings (SSSR count). The van der Waals surface area contributed by atoms with Gasteiger partial charge in [0.1, 0.15) is 0 Å². The van der Waals surface area contributed by atoms with Gasteiger partial charge >= 0.3 is 75.7 Å². The Bertz CT molecular complexity index is 76.6. The van der Waals surface area contributed by atoms with Gasteiger partial charge in [-0.05, 0) is 0 Å². The molecule has 0 bridgehead atoms. The summed E-state index contributed by atoms with van der Waals surface area (Å²) in [5.74, 6) is 0. The van der Waals surface area contributed by atoms with Crippen molar-refractivity contribution in [3.05, 3.63) is 0 Å². The van der Waals surface area contributed by atoms with E-state index in [-0.39, 0.29) is 39.8 Å². The van der Waals surface area contributed by atoms with E-state index in [1.807, 2.05) is 0 Å². The molecule has 0 radical (unpaired) electrons. The van der Waals surface area contributed by atoms with Crippen molar-refractivity contribution in [2.75, 3.05) is 0 Å². The molecular weight excluding hydrogens is 296 g/mol. The first-order chi connectivity index (χ1) is 3.83. The number of hydrogen-bond donors (Lipinski definition) is 0. The second-order valence-electron chi connectivity index (χ2n) is 0.167. The summed E-state index contributed by atoms with van der Waals surface area (Å²) in [7, 11) is -1.42. The van der Waals surface area contributed by atoms with Crippen LogP contribution >= 0.6 is 0 Å². The zero-order valence-electron chi connectivity index (χ0n) is 3.54. The van der Waals surface area contributed by atoms with Crippen LogP contribution in [0.2, 0.25) is 0 Å². The summed E-state index contributed by atoms with van der Waals surface area (Å²) in [6.45, 7) is 0. The molecule has 0 spiro atoms. The first-order valence-corrected chi connectivity index (χ1v) is 4.39. The van der Waals surface area contributed by atoms with E-state index in [2.05, 4.69) is 0 Å². The van der Waals surface area contributed by atoms with Crippen molar-refractivity contribution < 1.29 is 75.4 Å². The molecule has 0 saturated heterocycles. The maximum absolute atomic E-state index is 8.50. The quantitative estimate of drug-likeness (QED) is 0.537. The number of rotatable bonds is 0. The summed E-state index contributed by atoms with van der Waals surface area (Å²) in [5.41, 5.74) is 0. The van der Waals surface area contributed by atoms with Crippen LogP contribution in [0.5, 0.6) is 0 Å². The topological polar surface area (TPSA) is 85.3 Å². The van der Waals surface area contributed by atoms with Crippen LogP contribution in [0.4, 0.5) is 0 Å². The summed E-state index contributed by atoms with van der Waals surface area (Å²) in [6, 6.07) is 0. The molecule has 0 atom stereocenters. The van der Waals surface area contributed by atoms with Gasteiger partial charge in [-0.15, -0.1) is 0 Å². The summed E-state index contributed by atoms with van der Waals surface area (Å²) in [6.07, 6.45) is 0. The standard InChI is InChI=1S/Ce.O2Si.3O.Ti/c;1-3-2;;;;. The van der Waals surface area contributed by atoms with Gasteiger partial charge in [0.25, 0.3) is 0 Å². The molecule has 0 aliphatic carbocycles. The summed E-state index contributed by atoms with van der Waals surface area (Å²) < 4.78 is 42.2. The monoisotopic (exact) mass is 296 g/mol. The summed E-state index contributed by atoms with van der Waals surface area (Å²) in [4.78, 5) is 0. The van der Waals surface area contributed by atoms with Crippen molar-refractivity contribution in [3.63, 3.8) is 0 Å². The second-order valence-corrected chi connectivity index (χ2v) is 0.594. The van der Waals surface area contributed by atoms with Gasteiger partial charge in [-0.25, -0.2) is 0 Å². The predicted octanol–water partition coefficient (Wildman–Crippen LogP) is -0.977. The Morgan fingerprint density at radius 1 is 1.12 bits per heavy atom. The predicted molar refractivity (Wildman–Crippen MR) is 9.19 cm³/mol. The molecule has 0 aromatic carbocycles. The summed E-state index contributed by atoms with van der Waals surface area (Å²) in [5, 5.41) is 0. The number of hydrogen-bond acceptors (Lipinski definition) is 5. The van der Waals surface area contributed by atoms with Crippen LogP contribution in [0.15, 0.2) is 0 Å². The third-order valence-corrected chi connectivity index (χ3v) is 0. The van der Waals surface area contributed by atoms with Crippen LogP contribution in [0.25, 0.3) is 0 Å². The van der Waals surface area contributed by atoms with Gasteiger partial charge < -0.3 is 0 Å². The average Bonchev–Trinajstić information content (AvgIpc) is 1.75. The Morgan fingerprint density at radius 3 is 1.12 bits per heavy atom. The molecule has 0 aliphatic heterocycles. The van der Waals surface area contributed by atoms with Crippen molar-refractivity contribution in [1.29, 1.82) is 0 Å². The molecule has 8 heavy (non-hydrogen) atoms. The van der Waals surface area contributed by atoms with Gasteiger partial charge in [-0.2, -0.15) is 0 Å². The normalized spacial score (nSPS) is 2.38. The molecular formula is CeO5SiTi. The molecule has 0 aromatic rings. The first-order valence-electron chi connectivity index (χ1n) is 1.02. The van der Waals surface area contributed by atoms with E-state index in [0.717, 1.165) is 0 Å². The van der Waals surface area contributed by atoms with Crippen LogP contribution in [0, 0.1) is 39.8 Å². The van der Waals surface area contributed by atoms with Crippen LogP contribution in [-0.2, 0) is 35.6 Å². The van der Waals surface area contributed by atoms with E-state index >= 15 is 0 Å². The van der Waals surface area contributed by atoms with E-state index in [9.17, 15) is 0 Å². The van der Waals surface area contributed by atoms with Gasteiger partial charge in [0, 0.05) is 0 Å². The molecule has 0 fully saturated rings. The van der Waals surface area contributed by atoms with Crippen molar-refractivity contribution in [2.24, 2.45) is 0 Å². The zero-order valence-corrected chi connectivity index (χ0v) is 9.24. The SMILES string of the molecule is O=[Si]=O.[O]=[Ce].[O]=[Ti]=[O]. The molecule has 8 heteroatoms. The average molecular weight is 296 g/mol. The molecule has 5 nitrogen and oxygen atoms in total. The fraction of sp³-hybridized carbons (Fsp3) is 0. The summed E-state index contributed by atoms with van der Waals surface area (Å²) >= 11 is -1.94. The molecule has 42 valence electrons. The van der Waals surface area contributed by atoms with E-state index in [4.69, 9.17) is 16.5 Å². The van der Waals surface area contributed by atoms with Crippen molar-refractivity contribution in [1.82, 2.24) is 0 Å². The van der Waals surface area contributed by atoms with E-state index in [1.165, 1.54) is 0 Å². The maximum atomic E-state index is 8.50.